The number of aryl methyl sites for hydroxylation is 2. The van der Waals surface area contributed by atoms with Crippen LogP contribution in [0.3, 0.4) is 0 Å². The Kier molecular flexibility index (Phi) is 7.68. The zero-order valence-electron chi connectivity index (χ0n) is 20.0. The number of unbranched alkanes of at least 4 members (excludes halogenated alkanes) is 1. The Bertz CT molecular complexity index is 1130. The Morgan fingerprint density at radius 3 is 2.64 bits per heavy atom. The first-order valence-electron chi connectivity index (χ1n) is 11.1. The average molecular weight is 453 g/mol. The van der Waals surface area contributed by atoms with Crippen LogP contribution >= 0.6 is 0 Å². The maximum atomic E-state index is 11.9. The molecule has 176 valence electrons. The molecule has 3 aromatic rings. The molecule has 8 nitrogen and oxygen atoms in total. The number of rotatable bonds is 8. The number of benzene rings is 1. The molecule has 0 atom stereocenters. The lowest BCUT2D eigenvalue weighted by atomic mass is 10.0. The van der Waals surface area contributed by atoms with Crippen molar-refractivity contribution in [3.05, 3.63) is 53.5 Å². The van der Waals surface area contributed by atoms with Crippen molar-refractivity contribution in [2.45, 2.75) is 66.0 Å². The van der Waals surface area contributed by atoms with Gasteiger partial charge in [0.2, 0.25) is 0 Å². The van der Waals surface area contributed by atoms with Crippen LogP contribution in [0.25, 0.3) is 16.8 Å². The van der Waals surface area contributed by atoms with Gasteiger partial charge >= 0.3 is 12.1 Å². The van der Waals surface area contributed by atoms with Gasteiger partial charge in [-0.3, -0.25) is 4.79 Å². The number of fused-ring (bicyclic) bond motifs is 1. The van der Waals surface area contributed by atoms with Gasteiger partial charge in [-0.25, -0.2) is 14.3 Å². The number of alkyl carbamates (subject to hydrolysis) is 1. The molecule has 0 saturated carbocycles. The molecule has 0 saturated heterocycles. The molecule has 8 heteroatoms. The topological polar surface area (TPSA) is 94.8 Å². The van der Waals surface area contributed by atoms with Crippen LogP contribution < -0.4 is 5.32 Å². The van der Waals surface area contributed by atoms with Gasteiger partial charge in [0.25, 0.3) is 0 Å². The molecule has 2 heterocycles. The summed E-state index contributed by atoms with van der Waals surface area (Å²) in [5.74, 6) is -0.244. The molecular formula is C25H32N4O4. The van der Waals surface area contributed by atoms with Gasteiger partial charge in [-0.2, -0.15) is 5.10 Å². The van der Waals surface area contributed by atoms with E-state index < -0.39 is 11.7 Å². The second-order valence-electron chi connectivity index (χ2n) is 9.08. The first kappa shape index (κ1) is 24.2. The van der Waals surface area contributed by atoms with Gasteiger partial charge in [-0.1, -0.05) is 12.1 Å². The van der Waals surface area contributed by atoms with E-state index in [-0.39, 0.29) is 5.97 Å². The van der Waals surface area contributed by atoms with E-state index >= 15 is 0 Å². The van der Waals surface area contributed by atoms with Gasteiger partial charge in [0, 0.05) is 25.2 Å². The molecule has 0 fully saturated rings. The summed E-state index contributed by atoms with van der Waals surface area (Å²) >= 11 is 0. The molecule has 0 aliphatic heterocycles. The SMILES string of the molecule is CC(=O)OCCCCc1cc2c(-c3ccc(CNC(=O)OC(C)(C)C)c(C)c3)ncnn2c1. The van der Waals surface area contributed by atoms with Crippen LogP contribution in [0.4, 0.5) is 4.79 Å². The first-order valence-corrected chi connectivity index (χ1v) is 11.1. The van der Waals surface area contributed by atoms with Crippen molar-refractivity contribution in [3.63, 3.8) is 0 Å². The molecule has 1 amide bonds. The number of amides is 1. The van der Waals surface area contributed by atoms with E-state index in [0.717, 1.165) is 52.7 Å². The second kappa shape index (κ2) is 10.5. The molecule has 0 aliphatic carbocycles. The third-order valence-corrected chi connectivity index (χ3v) is 5.07. The van der Waals surface area contributed by atoms with Crippen molar-refractivity contribution in [1.29, 1.82) is 0 Å². The number of ether oxygens (including phenoxy) is 2. The van der Waals surface area contributed by atoms with Crippen molar-refractivity contribution < 1.29 is 19.1 Å². The Labute approximate surface area is 194 Å². The minimum atomic E-state index is -0.528. The summed E-state index contributed by atoms with van der Waals surface area (Å²) in [6, 6.07) is 8.18. The number of hydrogen-bond donors (Lipinski definition) is 1. The average Bonchev–Trinajstić information content (AvgIpc) is 3.14. The lowest BCUT2D eigenvalue weighted by Crippen LogP contribution is -2.32. The van der Waals surface area contributed by atoms with Crippen LogP contribution in [-0.4, -0.2) is 38.9 Å². The van der Waals surface area contributed by atoms with Crippen molar-refractivity contribution >= 4 is 17.6 Å². The molecule has 0 spiro atoms. The largest absolute Gasteiger partial charge is 0.466 e. The molecule has 0 unspecified atom stereocenters. The minimum absolute atomic E-state index is 0.244. The van der Waals surface area contributed by atoms with Crippen molar-refractivity contribution in [2.75, 3.05) is 6.61 Å². The number of carbonyl (C=O) groups excluding carboxylic acids is 2. The summed E-state index contributed by atoms with van der Waals surface area (Å²) in [6.45, 7) is 9.79. The van der Waals surface area contributed by atoms with E-state index in [0.29, 0.717) is 13.2 Å². The van der Waals surface area contributed by atoms with Crippen LogP contribution in [0.2, 0.25) is 0 Å². The maximum absolute atomic E-state index is 11.9. The van der Waals surface area contributed by atoms with Crippen LogP contribution in [0.15, 0.2) is 36.8 Å². The standard InChI is InChI=1S/C25H32N4O4/c1-17-12-20(9-10-21(17)14-26-24(31)33-25(3,4)5)23-22-13-19(15-29(22)28-16-27-23)8-6-7-11-32-18(2)30/h9-10,12-13,15-16H,6-8,11,14H2,1-5H3,(H,26,31). The highest BCUT2D eigenvalue weighted by atomic mass is 16.6. The van der Waals surface area contributed by atoms with E-state index in [1.807, 2.05) is 50.5 Å². The fourth-order valence-corrected chi connectivity index (χ4v) is 3.51. The monoisotopic (exact) mass is 452 g/mol. The van der Waals surface area contributed by atoms with Gasteiger partial charge in [0.05, 0.1) is 17.8 Å². The number of aromatic nitrogens is 3. The van der Waals surface area contributed by atoms with Crippen LogP contribution in [0.1, 0.15) is 57.2 Å². The smallest absolute Gasteiger partial charge is 0.407 e. The molecule has 33 heavy (non-hydrogen) atoms. The summed E-state index contributed by atoms with van der Waals surface area (Å²) in [7, 11) is 0. The van der Waals surface area contributed by atoms with Crippen LogP contribution in [0, 0.1) is 6.92 Å². The highest BCUT2D eigenvalue weighted by molar-refractivity contribution is 5.77. The predicted octanol–water partition coefficient (Wildman–Crippen LogP) is 4.62. The molecule has 3 rings (SSSR count). The molecule has 0 aliphatic rings. The third kappa shape index (κ3) is 7.03. The maximum Gasteiger partial charge on any atom is 0.407 e. The minimum Gasteiger partial charge on any atom is -0.466 e. The third-order valence-electron chi connectivity index (χ3n) is 5.07. The lowest BCUT2D eigenvalue weighted by molar-refractivity contribution is -0.141. The zero-order valence-corrected chi connectivity index (χ0v) is 20.0. The summed E-state index contributed by atoms with van der Waals surface area (Å²) in [4.78, 5) is 27.3. The fraction of sp³-hybridized carbons (Fsp3) is 0.440. The van der Waals surface area contributed by atoms with E-state index in [9.17, 15) is 9.59 Å². The Morgan fingerprint density at radius 1 is 1.15 bits per heavy atom. The quantitative estimate of drug-likeness (QED) is 0.396. The predicted molar refractivity (Wildman–Crippen MR) is 126 cm³/mol. The summed E-state index contributed by atoms with van der Waals surface area (Å²) in [5, 5.41) is 7.15. The zero-order chi connectivity index (χ0) is 24.0. The first-order chi connectivity index (χ1) is 15.6. The van der Waals surface area contributed by atoms with Gasteiger partial charge < -0.3 is 14.8 Å². The number of esters is 1. The molecule has 0 bridgehead atoms. The molecular weight excluding hydrogens is 420 g/mol. The van der Waals surface area contributed by atoms with Crippen molar-refractivity contribution in [2.24, 2.45) is 0 Å². The fourth-order valence-electron chi connectivity index (χ4n) is 3.51. The number of nitrogens with one attached hydrogen (secondary N) is 1. The Hall–Kier alpha value is -3.42. The normalized spacial score (nSPS) is 11.4. The van der Waals surface area contributed by atoms with E-state index in [1.165, 1.54) is 6.92 Å². The highest BCUT2D eigenvalue weighted by Gasteiger charge is 2.16. The summed E-state index contributed by atoms with van der Waals surface area (Å²) < 4.78 is 12.1. The summed E-state index contributed by atoms with van der Waals surface area (Å²) in [5.41, 5.74) is 5.48. The van der Waals surface area contributed by atoms with Crippen LogP contribution in [0.5, 0.6) is 0 Å². The van der Waals surface area contributed by atoms with Gasteiger partial charge in [0.1, 0.15) is 11.9 Å². The number of hydrogen-bond acceptors (Lipinski definition) is 6. The Morgan fingerprint density at radius 2 is 1.94 bits per heavy atom. The van der Waals surface area contributed by atoms with Crippen molar-refractivity contribution in [1.82, 2.24) is 19.9 Å². The second-order valence-corrected chi connectivity index (χ2v) is 9.08. The van der Waals surface area contributed by atoms with Gasteiger partial charge in [-0.05, 0) is 75.8 Å². The summed E-state index contributed by atoms with van der Waals surface area (Å²) in [6.07, 6.45) is 5.75. The van der Waals surface area contributed by atoms with E-state index in [4.69, 9.17) is 9.47 Å². The Balaban J connectivity index is 1.69. The highest BCUT2D eigenvalue weighted by Crippen LogP contribution is 2.26. The van der Waals surface area contributed by atoms with Gasteiger partial charge in [0.15, 0.2) is 0 Å². The molecule has 0 radical (unpaired) electrons. The van der Waals surface area contributed by atoms with E-state index in [2.05, 4.69) is 27.5 Å². The number of nitrogens with zero attached hydrogens (tertiary/aromatic N) is 3. The van der Waals surface area contributed by atoms with Crippen molar-refractivity contribution in [3.8, 4) is 11.3 Å². The lowest BCUT2D eigenvalue weighted by Gasteiger charge is -2.20. The van der Waals surface area contributed by atoms with Crippen LogP contribution in [-0.2, 0) is 27.2 Å². The number of carbonyl (C=O) groups is 2. The molecule has 1 aromatic carbocycles. The molecule has 1 N–H and O–H groups in total. The van der Waals surface area contributed by atoms with E-state index in [1.54, 1.807) is 6.33 Å². The van der Waals surface area contributed by atoms with Gasteiger partial charge in [-0.15, -0.1) is 0 Å². The molecule has 2 aromatic heterocycles.